The van der Waals surface area contributed by atoms with E-state index in [0.717, 1.165) is 24.1 Å². The summed E-state index contributed by atoms with van der Waals surface area (Å²) in [6, 6.07) is 16.6. The van der Waals surface area contributed by atoms with Crippen molar-refractivity contribution in [3.8, 4) is 28.6 Å². The fourth-order valence-electron chi connectivity index (χ4n) is 4.71. The molecule has 2 amide bonds. The van der Waals surface area contributed by atoms with E-state index >= 15 is 0 Å². The Hall–Kier alpha value is -4.31. The van der Waals surface area contributed by atoms with Crippen LogP contribution in [0.4, 0.5) is 11.4 Å². The quantitative estimate of drug-likeness (QED) is 0.438. The van der Waals surface area contributed by atoms with Crippen LogP contribution in [0.2, 0.25) is 0 Å². The Morgan fingerprint density at radius 3 is 2.55 bits per heavy atom. The smallest absolute Gasteiger partial charge is 0.253 e. The molecule has 0 aliphatic carbocycles. The molecule has 2 aliphatic heterocycles. The summed E-state index contributed by atoms with van der Waals surface area (Å²) in [7, 11) is 5.01. The summed E-state index contributed by atoms with van der Waals surface area (Å²) in [6.45, 7) is 1.92. The number of para-hydroxylation sites is 1. The number of nitrogens with zero attached hydrogens (tertiary/aromatic N) is 2. The standard InChI is InChI=1S/C30H34N4O6/c1-34(2)30(36)20-7-9-21(10-8-20)32-25-12-11-24(33-29(25)37-3)23-5-4-6-26-27(23)40-22(18-39-26)17-31-28(35)19-13-15-38-16-14-19/h4-12,19,22,32H,13-18H2,1-3H3,(H,31,35). The first kappa shape index (κ1) is 27.3. The number of hydrogen-bond donors (Lipinski definition) is 2. The number of aromatic nitrogens is 1. The molecule has 210 valence electrons. The average Bonchev–Trinajstić information content (AvgIpc) is 3.00. The Morgan fingerprint density at radius 1 is 1.05 bits per heavy atom. The number of pyridine rings is 1. The van der Waals surface area contributed by atoms with Crippen molar-refractivity contribution >= 4 is 23.2 Å². The van der Waals surface area contributed by atoms with Crippen molar-refractivity contribution in [2.45, 2.75) is 18.9 Å². The lowest BCUT2D eigenvalue weighted by Gasteiger charge is -2.29. The second-order valence-electron chi connectivity index (χ2n) is 9.97. The van der Waals surface area contributed by atoms with E-state index in [1.54, 1.807) is 33.3 Å². The number of benzene rings is 2. The highest BCUT2D eigenvalue weighted by Gasteiger charge is 2.27. The maximum atomic E-state index is 12.6. The van der Waals surface area contributed by atoms with Gasteiger partial charge in [-0.15, -0.1) is 0 Å². The highest BCUT2D eigenvalue weighted by Crippen LogP contribution is 2.41. The van der Waals surface area contributed by atoms with Crippen LogP contribution in [0.1, 0.15) is 23.2 Å². The van der Waals surface area contributed by atoms with Crippen LogP contribution in [0.25, 0.3) is 11.3 Å². The van der Waals surface area contributed by atoms with Gasteiger partial charge in [-0.1, -0.05) is 6.07 Å². The molecule has 10 heteroatoms. The first-order valence-electron chi connectivity index (χ1n) is 13.3. The minimum absolute atomic E-state index is 0.0247. The van der Waals surface area contributed by atoms with Crippen LogP contribution in [0, 0.1) is 5.92 Å². The summed E-state index contributed by atoms with van der Waals surface area (Å²) in [5.74, 6) is 1.55. The zero-order chi connectivity index (χ0) is 28.1. The summed E-state index contributed by atoms with van der Waals surface area (Å²) in [6.07, 6.45) is 1.14. The molecular weight excluding hydrogens is 512 g/mol. The molecule has 1 aromatic heterocycles. The van der Waals surface area contributed by atoms with Gasteiger partial charge in [0.2, 0.25) is 11.8 Å². The van der Waals surface area contributed by atoms with E-state index in [4.69, 9.17) is 23.9 Å². The molecule has 0 bridgehead atoms. The van der Waals surface area contributed by atoms with Crippen molar-refractivity contribution in [3.63, 3.8) is 0 Å². The summed E-state index contributed by atoms with van der Waals surface area (Å²) in [5, 5.41) is 6.32. The summed E-state index contributed by atoms with van der Waals surface area (Å²) >= 11 is 0. The first-order valence-corrected chi connectivity index (χ1v) is 13.3. The predicted molar refractivity (Wildman–Crippen MR) is 150 cm³/mol. The fourth-order valence-corrected chi connectivity index (χ4v) is 4.71. The number of rotatable bonds is 8. The third-order valence-electron chi connectivity index (χ3n) is 6.93. The molecule has 3 aromatic rings. The van der Waals surface area contributed by atoms with E-state index in [0.29, 0.717) is 60.7 Å². The molecule has 1 atom stereocenters. The predicted octanol–water partition coefficient (Wildman–Crippen LogP) is 3.89. The highest BCUT2D eigenvalue weighted by molar-refractivity contribution is 5.94. The molecule has 0 saturated carbocycles. The molecule has 1 unspecified atom stereocenters. The van der Waals surface area contributed by atoms with E-state index in [1.807, 2.05) is 42.5 Å². The SMILES string of the molecule is COc1nc(-c2cccc3c2OC(CNC(=O)C2CCOCC2)CO3)ccc1Nc1ccc(C(=O)N(C)C)cc1. The molecule has 0 radical (unpaired) electrons. The van der Waals surface area contributed by atoms with Gasteiger partial charge in [-0.3, -0.25) is 9.59 Å². The lowest BCUT2D eigenvalue weighted by atomic mass is 9.99. The van der Waals surface area contributed by atoms with Crippen LogP contribution in [0.15, 0.2) is 54.6 Å². The van der Waals surface area contributed by atoms with Crippen molar-refractivity contribution in [2.24, 2.45) is 5.92 Å². The van der Waals surface area contributed by atoms with E-state index < -0.39 is 0 Å². The normalized spacial score (nSPS) is 16.6. The van der Waals surface area contributed by atoms with Gasteiger partial charge in [0, 0.05) is 50.0 Å². The van der Waals surface area contributed by atoms with E-state index in [-0.39, 0.29) is 23.8 Å². The number of amides is 2. The van der Waals surface area contributed by atoms with Gasteiger partial charge in [0.25, 0.3) is 5.91 Å². The van der Waals surface area contributed by atoms with Crippen LogP contribution in [0.5, 0.6) is 17.4 Å². The molecule has 2 aromatic carbocycles. The maximum Gasteiger partial charge on any atom is 0.253 e. The van der Waals surface area contributed by atoms with Crippen LogP contribution < -0.4 is 24.8 Å². The van der Waals surface area contributed by atoms with Gasteiger partial charge in [-0.25, -0.2) is 4.98 Å². The van der Waals surface area contributed by atoms with Crippen LogP contribution >= 0.6 is 0 Å². The third-order valence-corrected chi connectivity index (χ3v) is 6.93. The van der Waals surface area contributed by atoms with Gasteiger partial charge in [0.15, 0.2) is 11.5 Å². The molecule has 1 saturated heterocycles. The van der Waals surface area contributed by atoms with Crippen molar-refractivity contribution in [3.05, 3.63) is 60.2 Å². The molecular formula is C30H34N4O6. The van der Waals surface area contributed by atoms with Gasteiger partial charge in [-0.2, -0.15) is 0 Å². The Balaban J connectivity index is 1.30. The monoisotopic (exact) mass is 546 g/mol. The van der Waals surface area contributed by atoms with E-state index in [2.05, 4.69) is 10.6 Å². The van der Waals surface area contributed by atoms with E-state index in [1.165, 1.54) is 4.90 Å². The summed E-state index contributed by atoms with van der Waals surface area (Å²) in [4.78, 5) is 31.0. The Kier molecular flexibility index (Phi) is 8.35. The van der Waals surface area contributed by atoms with Crippen molar-refractivity contribution in [1.29, 1.82) is 0 Å². The minimum atomic E-state index is -0.331. The topological polar surface area (TPSA) is 111 Å². The van der Waals surface area contributed by atoms with Crippen LogP contribution in [-0.4, -0.2) is 75.4 Å². The minimum Gasteiger partial charge on any atom is -0.486 e. The Morgan fingerprint density at radius 2 is 1.82 bits per heavy atom. The Bertz CT molecular complexity index is 1350. The summed E-state index contributed by atoms with van der Waals surface area (Å²) < 4.78 is 23.2. The van der Waals surface area contributed by atoms with E-state index in [9.17, 15) is 9.59 Å². The molecule has 5 rings (SSSR count). The molecule has 0 spiro atoms. The van der Waals surface area contributed by atoms with Crippen LogP contribution in [-0.2, 0) is 9.53 Å². The molecule has 10 nitrogen and oxygen atoms in total. The van der Waals surface area contributed by atoms with Gasteiger partial charge in [0.1, 0.15) is 18.4 Å². The van der Waals surface area contributed by atoms with Gasteiger partial charge < -0.3 is 34.5 Å². The number of nitrogens with one attached hydrogen (secondary N) is 2. The number of carbonyl (C=O) groups is 2. The number of carbonyl (C=O) groups excluding carboxylic acids is 2. The number of ether oxygens (including phenoxy) is 4. The molecule has 40 heavy (non-hydrogen) atoms. The summed E-state index contributed by atoms with van der Waals surface area (Å²) in [5.41, 5.74) is 3.49. The number of fused-ring (bicyclic) bond motifs is 1. The molecule has 3 heterocycles. The van der Waals surface area contributed by atoms with Crippen molar-refractivity contribution in [2.75, 3.05) is 52.9 Å². The van der Waals surface area contributed by atoms with Gasteiger partial charge in [-0.05, 0) is 61.4 Å². The average molecular weight is 547 g/mol. The van der Waals surface area contributed by atoms with Crippen molar-refractivity contribution in [1.82, 2.24) is 15.2 Å². The molecule has 2 N–H and O–H groups in total. The lowest BCUT2D eigenvalue weighted by Crippen LogP contribution is -2.43. The molecule has 2 aliphatic rings. The van der Waals surface area contributed by atoms with Gasteiger partial charge in [0.05, 0.1) is 19.3 Å². The second kappa shape index (κ2) is 12.3. The van der Waals surface area contributed by atoms with Crippen molar-refractivity contribution < 1.29 is 28.5 Å². The zero-order valence-corrected chi connectivity index (χ0v) is 22.9. The number of methoxy groups -OCH3 is 1. The molecule has 1 fully saturated rings. The van der Waals surface area contributed by atoms with Gasteiger partial charge >= 0.3 is 0 Å². The zero-order valence-electron chi connectivity index (χ0n) is 22.9. The largest absolute Gasteiger partial charge is 0.486 e. The highest BCUT2D eigenvalue weighted by atomic mass is 16.6. The maximum absolute atomic E-state index is 12.6. The first-order chi connectivity index (χ1) is 19.4. The van der Waals surface area contributed by atoms with Crippen LogP contribution in [0.3, 0.4) is 0 Å². The fraction of sp³-hybridized carbons (Fsp3) is 0.367. The number of hydrogen-bond acceptors (Lipinski definition) is 8. The third kappa shape index (κ3) is 6.12. The Labute approximate surface area is 233 Å². The lowest BCUT2D eigenvalue weighted by molar-refractivity contribution is -0.128. The number of anilines is 2. The second-order valence-corrected chi connectivity index (χ2v) is 9.97.